The summed E-state index contributed by atoms with van der Waals surface area (Å²) >= 11 is 0. The Morgan fingerprint density at radius 3 is 1.33 bits per heavy atom. The van der Waals surface area contributed by atoms with E-state index in [4.69, 9.17) is 9.47 Å². The van der Waals surface area contributed by atoms with Gasteiger partial charge in [-0.1, -0.05) is 50.2 Å². The van der Waals surface area contributed by atoms with Crippen LogP contribution in [0.3, 0.4) is 0 Å². The fourth-order valence-corrected chi connectivity index (χ4v) is 8.67. The van der Waals surface area contributed by atoms with E-state index >= 15 is 0 Å². The molecule has 4 heterocycles. The van der Waals surface area contributed by atoms with Crippen molar-refractivity contribution in [2.75, 3.05) is 27.3 Å². The molecule has 2 amide bonds. The quantitative estimate of drug-likeness (QED) is 0.114. The number of aryl methyl sites for hydroxylation is 2. The zero-order valence-corrected chi connectivity index (χ0v) is 37.4. The highest BCUT2D eigenvalue weighted by molar-refractivity contribution is 5.99. The smallest absolute Gasteiger partial charge is 0.250 e. The maximum atomic E-state index is 13.4. The van der Waals surface area contributed by atoms with E-state index in [9.17, 15) is 18.4 Å². The summed E-state index contributed by atoms with van der Waals surface area (Å²) in [4.78, 5) is 39.1. The monoisotopic (exact) mass is 866 g/mol. The maximum Gasteiger partial charge on any atom is 0.250 e. The molecule has 10 nitrogen and oxygen atoms in total. The third-order valence-electron chi connectivity index (χ3n) is 11.9. The Balaban J connectivity index is 0.000000191. The number of methoxy groups -OCH3 is 2. The highest BCUT2D eigenvalue weighted by Crippen LogP contribution is 2.34. The Hall–Kier alpha value is -6.82. The number of ether oxygens (including phenoxy) is 2. The molecule has 12 heteroatoms. The highest BCUT2D eigenvalue weighted by atomic mass is 19.1. The molecule has 2 saturated heterocycles. The molecule has 0 bridgehead atoms. The van der Waals surface area contributed by atoms with Gasteiger partial charge in [0.1, 0.15) is 23.1 Å². The van der Waals surface area contributed by atoms with Gasteiger partial charge in [-0.3, -0.25) is 9.59 Å². The number of amides is 2. The van der Waals surface area contributed by atoms with Crippen LogP contribution in [0.2, 0.25) is 0 Å². The first kappa shape index (κ1) is 45.2. The van der Waals surface area contributed by atoms with E-state index in [0.29, 0.717) is 13.1 Å². The van der Waals surface area contributed by atoms with Crippen LogP contribution in [-0.4, -0.2) is 68.0 Å². The van der Waals surface area contributed by atoms with Crippen LogP contribution >= 0.6 is 0 Å². The molecular formula is C52H56F2N6O4. The zero-order valence-electron chi connectivity index (χ0n) is 37.4. The summed E-state index contributed by atoms with van der Waals surface area (Å²) in [5.74, 6) is 0.987. The average Bonchev–Trinajstić information content (AvgIpc) is 3.95. The number of likely N-dealkylation sites (tertiary alicyclic amines) is 2. The lowest BCUT2D eigenvalue weighted by atomic mass is 9.95. The molecule has 0 unspecified atom stereocenters. The molecule has 64 heavy (non-hydrogen) atoms. The third-order valence-corrected chi connectivity index (χ3v) is 11.9. The Morgan fingerprint density at radius 1 is 0.609 bits per heavy atom. The van der Waals surface area contributed by atoms with Gasteiger partial charge in [-0.15, -0.1) is 0 Å². The first-order valence-corrected chi connectivity index (χ1v) is 21.9. The van der Waals surface area contributed by atoms with Crippen LogP contribution in [0.1, 0.15) is 98.1 Å². The van der Waals surface area contributed by atoms with Crippen LogP contribution in [0.15, 0.2) is 121 Å². The summed E-state index contributed by atoms with van der Waals surface area (Å²) in [5, 5.41) is 0. The number of hydrogen-bond acceptors (Lipinski definition) is 6. The SMILES string of the molecule is CC[C@@H](c1ccc(F)cc1)N1CCC/C(=C\c2ccc(-n3cnc(C)c3)c(OC)c2)C1=O.CC[C@H](c1ccc(F)cc1)N1CCC/C(=C\c2ccc(-n3cnc(C)c3)c(OC)c2)C1=O. The molecule has 2 aliphatic heterocycles. The number of piperidine rings is 2. The molecule has 4 aromatic carbocycles. The number of halogens is 2. The van der Waals surface area contributed by atoms with Crippen LogP contribution < -0.4 is 9.47 Å². The van der Waals surface area contributed by atoms with Crippen molar-refractivity contribution < 1.29 is 27.8 Å². The van der Waals surface area contributed by atoms with Gasteiger partial charge in [0.2, 0.25) is 11.8 Å². The Bertz CT molecular complexity index is 2450. The van der Waals surface area contributed by atoms with Crippen LogP contribution in [0.5, 0.6) is 11.5 Å². The number of carbonyl (C=O) groups is 2. The summed E-state index contributed by atoms with van der Waals surface area (Å²) < 4.78 is 41.8. The number of nitrogens with zero attached hydrogens (tertiary/aromatic N) is 6. The lowest BCUT2D eigenvalue weighted by Crippen LogP contribution is -2.39. The van der Waals surface area contributed by atoms with Crippen molar-refractivity contribution in [3.05, 3.63) is 166 Å². The minimum atomic E-state index is -0.266. The lowest BCUT2D eigenvalue weighted by molar-refractivity contribution is -0.132. The molecule has 0 radical (unpaired) electrons. The fraction of sp³-hybridized carbons (Fsp3) is 0.308. The van der Waals surface area contributed by atoms with Gasteiger partial charge in [-0.25, -0.2) is 18.7 Å². The number of carbonyl (C=O) groups excluding carboxylic acids is 2. The van der Waals surface area contributed by atoms with Crippen molar-refractivity contribution in [3.8, 4) is 22.9 Å². The molecule has 0 N–H and O–H groups in total. The van der Waals surface area contributed by atoms with E-state index in [1.807, 2.05) is 93.7 Å². The predicted octanol–water partition coefficient (Wildman–Crippen LogP) is 11.0. The maximum absolute atomic E-state index is 13.4. The van der Waals surface area contributed by atoms with Gasteiger partial charge < -0.3 is 28.4 Å². The minimum Gasteiger partial charge on any atom is -0.495 e. The molecule has 2 fully saturated rings. The van der Waals surface area contributed by atoms with Crippen LogP contribution in [0, 0.1) is 25.5 Å². The van der Waals surface area contributed by atoms with Gasteiger partial charge in [0.05, 0.1) is 61.7 Å². The van der Waals surface area contributed by atoms with Crippen LogP contribution in [0.25, 0.3) is 23.5 Å². The average molecular weight is 867 g/mol. The second-order valence-corrected chi connectivity index (χ2v) is 16.2. The molecular weight excluding hydrogens is 811 g/mol. The summed E-state index contributed by atoms with van der Waals surface area (Å²) in [6.45, 7) is 9.40. The van der Waals surface area contributed by atoms with Crippen LogP contribution in [-0.2, 0) is 9.59 Å². The Morgan fingerprint density at radius 2 is 1.00 bits per heavy atom. The number of imidazole rings is 2. The number of benzene rings is 4. The molecule has 2 atom stereocenters. The molecule has 0 aliphatic carbocycles. The van der Waals surface area contributed by atoms with Crippen molar-refractivity contribution in [1.82, 2.24) is 28.9 Å². The molecule has 0 spiro atoms. The highest BCUT2D eigenvalue weighted by Gasteiger charge is 2.31. The molecule has 6 aromatic rings. The van der Waals surface area contributed by atoms with Gasteiger partial charge in [0, 0.05) is 36.6 Å². The van der Waals surface area contributed by atoms with Crippen molar-refractivity contribution in [1.29, 1.82) is 0 Å². The van der Waals surface area contributed by atoms with Gasteiger partial charge >= 0.3 is 0 Å². The molecule has 8 rings (SSSR count). The zero-order chi connectivity index (χ0) is 45.3. The van der Waals surface area contributed by atoms with Crippen molar-refractivity contribution in [3.63, 3.8) is 0 Å². The first-order valence-electron chi connectivity index (χ1n) is 21.9. The molecule has 0 saturated carbocycles. The van der Waals surface area contributed by atoms with E-state index in [0.717, 1.165) is 106 Å². The first-order chi connectivity index (χ1) is 31.0. The Labute approximate surface area is 374 Å². The second kappa shape index (κ2) is 20.6. The summed E-state index contributed by atoms with van der Waals surface area (Å²) in [6.07, 6.45) is 16.1. The fourth-order valence-electron chi connectivity index (χ4n) is 8.67. The standard InChI is InChI=1S/2C26H28FN3O2/c2*1-4-23(20-8-10-22(27)11-9-20)30-13-5-6-21(26(30)31)14-19-7-12-24(25(15-19)32-3)29-16-18(2)28-17-29/h2*7-12,14-17,23H,4-6,13H2,1-3H3/b2*21-14+/t2*23-/m10/s1. The summed E-state index contributed by atoms with van der Waals surface area (Å²) in [6, 6.07) is 24.6. The van der Waals surface area contributed by atoms with Gasteiger partial charge in [-0.05, 0) is 135 Å². The van der Waals surface area contributed by atoms with E-state index < -0.39 is 0 Å². The van der Waals surface area contributed by atoms with E-state index in [2.05, 4.69) is 23.8 Å². The second-order valence-electron chi connectivity index (χ2n) is 16.2. The normalized spacial score (nSPS) is 16.4. The largest absolute Gasteiger partial charge is 0.495 e. The lowest BCUT2D eigenvalue weighted by Gasteiger charge is -2.35. The van der Waals surface area contributed by atoms with Crippen molar-refractivity contribution in [2.24, 2.45) is 0 Å². The van der Waals surface area contributed by atoms with E-state index in [1.165, 1.54) is 24.3 Å². The number of aromatic nitrogens is 4. The minimum absolute atomic E-state index is 0.0423. The third kappa shape index (κ3) is 10.3. The summed E-state index contributed by atoms with van der Waals surface area (Å²) in [5.41, 5.74) is 8.98. The number of rotatable bonds is 12. The van der Waals surface area contributed by atoms with E-state index in [-0.39, 0.29) is 35.5 Å². The topological polar surface area (TPSA) is 94.7 Å². The molecule has 332 valence electrons. The summed E-state index contributed by atoms with van der Waals surface area (Å²) in [7, 11) is 3.28. The van der Waals surface area contributed by atoms with Gasteiger partial charge in [-0.2, -0.15) is 0 Å². The molecule has 2 aliphatic rings. The van der Waals surface area contributed by atoms with Crippen molar-refractivity contribution >= 4 is 24.0 Å². The molecule has 2 aromatic heterocycles. The van der Waals surface area contributed by atoms with Gasteiger partial charge in [0.15, 0.2) is 0 Å². The number of hydrogen-bond donors (Lipinski definition) is 0. The van der Waals surface area contributed by atoms with E-state index in [1.54, 1.807) is 51.1 Å². The van der Waals surface area contributed by atoms with Crippen LogP contribution in [0.4, 0.5) is 8.78 Å². The Kier molecular flexibility index (Phi) is 14.5. The predicted molar refractivity (Wildman–Crippen MR) is 246 cm³/mol. The van der Waals surface area contributed by atoms with Gasteiger partial charge in [0.25, 0.3) is 0 Å². The van der Waals surface area contributed by atoms with Crippen molar-refractivity contribution in [2.45, 2.75) is 78.3 Å².